The highest BCUT2D eigenvalue weighted by Crippen LogP contribution is 2.34. The van der Waals surface area contributed by atoms with Crippen LogP contribution < -0.4 is 38.5 Å². The van der Waals surface area contributed by atoms with Gasteiger partial charge in [-0.1, -0.05) is 19.1 Å². The molecular weight excluding hydrogens is 652 g/mol. The molecular formula is C33H32N8O9. The molecule has 0 bridgehead atoms. The summed E-state index contributed by atoms with van der Waals surface area (Å²) in [5.41, 5.74) is 18.4. The molecule has 17 nitrogen and oxygen atoms in total. The number of hydrogen-bond acceptors (Lipinski definition) is 11. The Bertz CT molecular complexity index is 2030. The average Bonchev–Trinajstić information content (AvgIpc) is 3.54. The van der Waals surface area contributed by atoms with Crippen molar-refractivity contribution in [2.24, 2.45) is 22.9 Å². The number of ketones is 1. The topological polar surface area (TPSA) is 286 Å². The number of hydrogen-bond donors (Lipinski definition) is 6. The fourth-order valence-corrected chi connectivity index (χ4v) is 5.63. The van der Waals surface area contributed by atoms with Crippen LogP contribution in [0.1, 0.15) is 86.2 Å². The summed E-state index contributed by atoms with van der Waals surface area (Å²) in [5, 5.41) is 4.72. The van der Waals surface area contributed by atoms with Crippen molar-refractivity contribution in [3.8, 4) is 0 Å². The predicted octanol–water partition coefficient (Wildman–Crippen LogP) is 0.704. The molecule has 1 aliphatic heterocycles. The number of ether oxygens (including phenoxy) is 1. The van der Waals surface area contributed by atoms with Crippen LogP contribution >= 0.6 is 0 Å². The maximum atomic E-state index is 14.0. The number of nitrogens with one attached hydrogen (secondary N) is 2. The third kappa shape index (κ3) is 6.70. The zero-order chi connectivity index (χ0) is 36.3. The fourth-order valence-electron chi connectivity index (χ4n) is 5.63. The number of amides is 6. The molecule has 1 saturated heterocycles. The first kappa shape index (κ1) is 34.7. The maximum Gasteiger partial charge on any atom is 0.266 e. The molecule has 0 radical (unpaired) electrons. The molecule has 1 aromatic heterocycles. The summed E-state index contributed by atoms with van der Waals surface area (Å²) in [6.45, 7) is 3.84. The second-order valence-electron chi connectivity index (χ2n) is 11.1. The van der Waals surface area contributed by atoms with Crippen LogP contribution in [0.4, 0.5) is 11.4 Å². The summed E-state index contributed by atoms with van der Waals surface area (Å²) in [5.74, 6) is -9.17. The first-order chi connectivity index (χ1) is 23.8. The van der Waals surface area contributed by atoms with E-state index in [2.05, 4.69) is 15.6 Å². The summed E-state index contributed by atoms with van der Waals surface area (Å²) in [6, 6.07) is 11.4. The Morgan fingerprint density at radius 2 is 1.32 bits per heavy atom. The normalized spacial score (nSPS) is 13.3. The fraction of sp³-hybridized carbons (Fsp3) is 0.212. The summed E-state index contributed by atoms with van der Waals surface area (Å²) < 4.78 is 10.9. The van der Waals surface area contributed by atoms with E-state index in [1.54, 1.807) is 36.4 Å². The summed E-state index contributed by atoms with van der Waals surface area (Å²) >= 11 is 0. The highest BCUT2D eigenvalue weighted by Gasteiger charge is 2.38. The quantitative estimate of drug-likeness (QED) is 0.113. The van der Waals surface area contributed by atoms with Crippen LogP contribution in [-0.2, 0) is 4.74 Å². The number of Topliss-reactive ketones (excluding diaryl/α,β-unsaturated/α-hetero) is 1. The van der Waals surface area contributed by atoms with Crippen molar-refractivity contribution in [1.82, 2.24) is 10.3 Å². The standard InChI is InChI=1S/C33H32N8O9/c1-2-17(26(42)33-39-18-5-3-4-6-19(18)50-33)38-32(48)22-20(27(34)43)21(28(35)44)23(29(36)45)25(24(22)30(37)46)40-31(47)15-7-9-16(10-8-15)41-11-13-49-14-12-41/h3-10,17H,2,11-14H2,1H3,(H2,34,43)(H2,35,44)(H2,36,45)(H2,37,46)(H,38,48)(H,40,47)/t17-/m0/s1. The van der Waals surface area contributed by atoms with Gasteiger partial charge in [0.15, 0.2) is 5.58 Å². The number of anilines is 2. The second-order valence-corrected chi connectivity index (χ2v) is 11.1. The first-order valence-electron chi connectivity index (χ1n) is 15.2. The van der Waals surface area contributed by atoms with Gasteiger partial charge in [0, 0.05) is 24.3 Å². The van der Waals surface area contributed by atoms with E-state index in [-0.39, 0.29) is 17.9 Å². The number of fused-ring (bicyclic) bond motifs is 1. The Balaban J connectivity index is 1.61. The lowest BCUT2D eigenvalue weighted by Gasteiger charge is -2.28. The van der Waals surface area contributed by atoms with Crippen LogP contribution in [-0.4, -0.2) is 78.6 Å². The van der Waals surface area contributed by atoms with Gasteiger partial charge >= 0.3 is 0 Å². The van der Waals surface area contributed by atoms with Gasteiger partial charge in [0.2, 0.25) is 17.6 Å². The van der Waals surface area contributed by atoms with E-state index in [9.17, 15) is 33.6 Å². The molecule has 0 unspecified atom stereocenters. The molecule has 0 aliphatic carbocycles. The largest absolute Gasteiger partial charge is 0.434 e. The Morgan fingerprint density at radius 1 is 0.760 bits per heavy atom. The third-order valence-electron chi connectivity index (χ3n) is 7.99. The number of benzene rings is 3. The Kier molecular flexibility index (Phi) is 9.89. The van der Waals surface area contributed by atoms with Crippen LogP contribution in [0, 0.1) is 0 Å². The predicted molar refractivity (Wildman–Crippen MR) is 178 cm³/mol. The van der Waals surface area contributed by atoms with Crippen molar-refractivity contribution in [2.45, 2.75) is 19.4 Å². The lowest BCUT2D eigenvalue weighted by atomic mass is 9.86. The van der Waals surface area contributed by atoms with Gasteiger partial charge in [-0.2, -0.15) is 0 Å². The van der Waals surface area contributed by atoms with E-state index in [0.717, 1.165) is 5.69 Å². The van der Waals surface area contributed by atoms with Crippen molar-refractivity contribution in [2.75, 3.05) is 36.5 Å². The molecule has 1 aliphatic rings. The summed E-state index contributed by atoms with van der Waals surface area (Å²) in [7, 11) is 0. The third-order valence-corrected chi connectivity index (χ3v) is 7.99. The number of nitrogens with two attached hydrogens (primary N) is 4. The highest BCUT2D eigenvalue weighted by molar-refractivity contribution is 6.27. The van der Waals surface area contributed by atoms with Crippen molar-refractivity contribution < 1.29 is 42.7 Å². The molecule has 6 amide bonds. The van der Waals surface area contributed by atoms with Crippen LogP contribution in [0.5, 0.6) is 0 Å². The molecule has 0 spiro atoms. The van der Waals surface area contributed by atoms with Crippen molar-refractivity contribution in [1.29, 1.82) is 0 Å². The van der Waals surface area contributed by atoms with E-state index in [1.807, 2.05) is 4.90 Å². The maximum absolute atomic E-state index is 14.0. The molecule has 4 aromatic rings. The lowest BCUT2D eigenvalue weighted by Crippen LogP contribution is -2.43. The van der Waals surface area contributed by atoms with Gasteiger partial charge in [-0.25, -0.2) is 4.98 Å². The SMILES string of the molecule is CC[C@H](NC(=O)c1c(C(N)=O)c(NC(=O)c2ccc(N3CCOCC3)cc2)c(C(N)=O)c(C(N)=O)c1C(N)=O)C(=O)c1nc2ccccc2o1. The number of oxazole rings is 1. The molecule has 50 heavy (non-hydrogen) atoms. The van der Waals surface area contributed by atoms with Crippen molar-refractivity contribution >= 4 is 63.7 Å². The zero-order valence-electron chi connectivity index (χ0n) is 26.6. The van der Waals surface area contributed by atoms with E-state index in [1.165, 1.54) is 19.1 Å². The molecule has 5 rings (SSSR count). The minimum Gasteiger partial charge on any atom is -0.434 e. The molecule has 17 heteroatoms. The monoisotopic (exact) mass is 684 g/mol. The van der Waals surface area contributed by atoms with Gasteiger partial charge in [-0.15, -0.1) is 0 Å². The Morgan fingerprint density at radius 3 is 1.88 bits per heavy atom. The highest BCUT2D eigenvalue weighted by atomic mass is 16.5. The average molecular weight is 685 g/mol. The zero-order valence-corrected chi connectivity index (χ0v) is 26.6. The van der Waals surface area contributed by atoms with Crippen LogP contribution in [0.2, 0.25) is 0 Å². The summed E-state index contributed by atoms with van der Waals surface area (Å²) in [6.07, 6.45) is -0.0484. The second kappa shape index (κ2) is 14.2. The number of primary amides is 4. The number of carbonyl (C=O) groups is 7. The van der Waals surface area contributed by atoms with Crippen LogP contribution in [0.3, 0.4) is 0 Å². The molecule has 258 valence electrons. The number of aromatic nitrogens is 1. The van der Waals surface area contributed by atoms with Gasteiger partial charge in [0.25, 0.3) is 29.5 Å². The number of rotatable bonds is 12. The van der Waals surface area contributed by atoms with Gasteiger partial charge in [-0.05, 0) is 42.8 Å². The molecule has 1 atom stereocenters. The molecule has 2 heterocycles. The van der Waals surface area contributed by atoms with Gasteiger partial charge in [-0.3, -0.25) is 33.6 Å². The Hall–Kier alpha value is -6.62. The molecule has 1 fully saturated rings. The van der Waals surface area contributed by atoms with E-state index < -0.39 is 80.8 Å². The molecule has 3 aromatic carbocycles. The van der Waals surface area contributed by atoms with Crippen molar-refractivity contribution in [3.05, 3.63) is 87.8 Å². The number of nitrogens with zero attached hydrogens (tertiary/aromatic N) is 2. The first-order valence-corrected chi connectivity index (χ1v) is 15.2. The van der Waals surface area contributed by atoms with Gasteiger partial charge in [0.05, 0.1) is 52.8 Å². The minimum absolute atomic E-state index is 0.0217. The minimum atomic E-state index is -1.48. The van der Waals surface area contributed by atoms with E-state index in [4.69, 9.17) is 32.1 Å². The van der Waals surface area contributed by atoms with Gasteiger partial charge in [0.1, 0.15) is 5.52 Å². The number of para-hydroxylation sites is 2. The summed E-state index contributed by atoms with van der Waals surface area (Å²) in [4.78, 5) is 98.8. The van der Waals surface area contributed by atoms with Crippen molar-refractivity contribution in [3.63, 3.8) is 0 Å². The smallest absolute Gasteiger partial charge is 0.266 e. The molecule has 0 saturated carbocycles. The number of morpholine rings is 1. The van der Waals surface area contributed by atoms with Crippen LogP contribution in [0.25, 0.3) is 11.1 Å². The van der Waals surface area contributed by atoms with Crippen LogP contribution in [0.15, 0.2) is 52.9 Å². The Labute approximate surface area is 283 Å². The van der Waals surface area contributed by atoms with E-state index in [0.29, 0.717) is 37.4 Å². The van der Waals surface area contributed by atoms with Gasteiger partial charge < -0.3 is 47.6 Å². The lowest BCUT2D eigenvalue weighted by molar-refractivity contribution is 0.0832. The molecule has 10 N–H and O–H groups in total. The van der Waals surface area contributed by atoms with E-state index >= 15 is 0 Å². The number of carbonyl (C=O) groups excluding carboxylic acids is 7.